The number of hydrogen-bond acceptors (Lipinski definition) is 7. The van der Waals surface area contributed by atoms with Gasteiger partial charge in [-0.1, -0.05) is 30.0 Å². The lowest BCUT2D eigenvalue weighted by Crippen LogP contribution is -2.24. The molecule has 170 valence electrons. The van der Waals surface area contributed by atoms with E-state index in [9.17, 15) is 9.59 Å². The van der Waals surface area contributed by atoms with E-state index in [4.69, 9.17) is 14.1 Å². The number of carbonyl (C=O) groups is 1. The molecule has 0 aliphatic rings. The number of hydrogen-bond donors (Lipinski definition) is 0. The van der Waals surface area contributed by atoms with Crippen LogP contribution in [0.1, 0.15) is 21.7 Å². The summed E-state index contributed by atoms with van der Waals surface area (Å²) in [7, 11) is 1.32. The van der Waals surface area contributed by atoms with Crippen LogP contribution in [0.2, 0.25) is 0 Å². The molecule has 0 N–H and O–H groups in total. The zero-order valence-corrected chi connectivity index (χ0v) is 19.1. The number of furan rings is 1. The quantitative estimate of drug-likeness (QED) is 0.198. The Balaban J connectivity index is 1.50. The number of benzene rings is 2. The van der Waals surface area contributed by atoms with Crippen LogP contribution in [0.15, 0.2) is 93.7 Å². The molecule has 3 aromatic heterocycles. The Kier molecular flexibility index (Phi) is 6.01. The van der Waals surface area contributed by atoms with Crippen molar-refractivity contribution in [3.63, 3.8) is 0 Å². The fourth-order valence-corrected chi connectivity index (χ4v) is 4.47. The van der Waals surface area contributed by atoms with Gasteiger partial charge in [-0.3, -0.25) is 9.36 Å². The Morgan fingerprint density at radius 1 is 1.12 bits per heavy atom. The van der Waals surface area contributed by atoms with Crippen LogP contribution in [-0.2, 0) is 17.0 Å². The van der Waals surface area contributed by atoms with Crippen LogP contribution in [0.25, 0.3) is 16.6 Å². The van der Waals surface area contributed by atoms with Crippen LogP contribution in [0, 0.1) is 0 Å². The van der Waals surface area contributed by atoms with Crippen LogP contribution in [-0.4, -0.2) is 32.4 Å². The molecule has 0 radical (unpaired) electrons. The van der Waals surface area contributed by atoms with Gasteiger partial charge in [-0.15, -0.1) is 0 Å². The second kappa shape index (κ2) is 9.40. The molecule has 5 rings (SSSR count). The van der Waals surface area contributed by atoms with Gasteiger partial charge in [0.05, 0.1) is 48.3 Å². The van der Waals surface area contributed by atoms with Crippen molar-refractivity contribution in [3.8, 4) is 5.69 Å². The van der Waals surface area contributed by atoms with Gasteiger partial charge in [-0.25, -0.2) is 14.5 Å². The van der Waals surface area contributed by atoms with Gasteiger partial charge in [0.2, 0.25) is 0 Å². The summed E-state index contributed by atoms with van der Waals surface area (Å²) in [6.45, 7) is 0.249. The molecular formula is C25H20N4O4S. The van der Waals surface area contributed by atoms with Gasteiger partial charge in [-0.05, 0) is 42.5 Å². The molecule has 0 amide bonds. The third kappa shape index (κ3) is 4.38. The summed E-state index contributed by atoms with van der Waals surface area (Å²) < 4.78 is 13.7. The summed E-state index contributed by atoms with van der Waals surface area (Å²) in [5, 5.41) is 5.37. The second-order valence-electron chi connectivity index (χ2n) is 7.51. The first kappa shape index (κ1) is 21.7. The number of carbonyl (C=O) groups excluding carboxylic acids is 1. The molecule has 8 nitrogen and oxygen atoms in total. The molecule has 0 saturated heterocycles. The number of methoxy groups -OCH3 is 1. The molecule has 2 aromatic carbocycles. The highest BCUT2D eigenvalue weighted by atomic mass is 32.2. The molecule has 9 heteroatoms. The molecule has 3 heterocycles. The van der Waals surface area contributed by atoms with Crippen LogP contribution >= 0.6 is 11.8 Å². The highest BCUT2D eigenvalue weighted by molar-refractivity contribution is 7.98. The van der Waals surface area contributed by atoms with Crippen molar-refractivity contribution in [1.82, 2.24) is 19.3 Å². The van der Waals surface area contributed by atoms with E-state index < -0.39 is 5.97 Å². The van der Waals surface area contributed by atoms with Crippen molar-refractivity contribution >= 4 is 28.6 Å². The minimum Gasteiger partial charge on any atom is -0.467 e. The lowest BCUT2D eigenvalue weighted by Gasteiger charge is -2.12. The summed E-state index contributed by atoms with van der Waals surface area (Å²) in [5.74, 6) is 0.721. The molecule has 0 bridgehead atoms. The Morgan fingerprint density at radius 3 is 2.74 bits per heavy atom. The van der Waals surface area contributed by atoms with Crippen LogP contribution in [0.3, 0.4) is 0 Å². The number of esters is 1. The van der Waals surface area contributed by atoms with E-state index in [0.717, 1.165) is 11.3 Å². The predicted molar refractivity (Wildman–Crippen MR) is 128 cm³/mol. The zero-order chi connectivity index (χ0) is 23.5. The largest absolute Gasteiger partial charge is 0.467 e. The van der Waals surface area contributed by atoms with E-state index in [1.165, 1.54) is 18.9 Å². The molecule has 0 aliphatic heterocycles. The lowest BCUT2D eigenvalue weighted by molar-refractivity contribution is 0.0601. The normalized spacial score (nSPS) is 11.1. The average molecular weight is 473 g/mol. The van der Waals surface area contributed by atoms with E-state index >= 15 is 0 Å². The Labute approximate surface area is 198 Å². The van der Waals surface area contributed by atoms with Crippen molar-refractivity contribution < 1.29 is 13.9 Å². The van der Waals surface area contributed by atoms with Crippen molar-refractivity contribution in [1.29, 1.82) is 0 Å². The van der Waals surface area contributed by atoms with Gasteiger partial charge in [0.15, 0.2) is 5.16 Å². The monoisotopic (exact) mass is 472 g/mol. The van der Waals surface area contributed by atoms with E-state index in [1.54, 1.807) is 41.3 Å². The number of ether oxygens (including phenoxy) is 1. The third-order valence-electron chi connectivity index (χ3n) is 5.26. The van der Waals surface area contributed by atoms with Crippen molar-refractivity contribution in [3.05, 3.63) is 107 Å². The van der Waals surface area contributed by atoms with E-state index in [-0.39, 0.29) is 12.1 Å². The highest BCUT2D eigenvalue weighted by Crippen LogP contribution is 2.24. The van der Waals surface area contributed by atoms with Gasteiger partial charge in [0.1, 0.15) is 5.76 Å². The fraction of sp³-hybridized carbons (Fsp3) is 0.120. The van der Waals surface area contributed by atoms with E-state index in [0.29, 0.717) is 33.1 Å². The molecule has 0 aliphatic carbocycles. The molecule has 0 unspecified atom stereocenters. The highest BCUT2D eigenvalue weighted by Gasteiger charge is 2.16. The predicted octanol–water partition coefficient (Wildman–Crippen LogP) is 4.30. The SMILES string of the molecule is COC(=O)c1ccc2c(=O)n(Cc3ccco3)c(SCc3cnn(-c4ccccc4)c3)nc2c1. The Bertz CT molecular complexity index is 1510. The van der Waals surface area contributed by atoms with Gasteiger partial charge >= 0.3 is 5.97 Å². The first-order chi connectivity index (χ1) is 16.6. The minimum absolute atomic E-state index is 0.208. The number of thioether (sulfide) groups is 1. The standard InChI is InChI=1S/C25H20N4O4S/c1-32-24(31)18-9-10-21-22(12-18)27-25(28(23(21)30)15-20-8-5-11-33-20)34-16-17-13-26-29(14-17)19-6-3-2-4-7-19/h2-14H,15-16H2,1H3. The first-order valence-electron chi connectivity index (χ1n) is 10.5. The zero-order valence-electron chi connectivity index (χ0n) is 18.2. The van der Waals surface area contributed by atoms with Crippen LogP contribution < -0.4 is 5.56 Å². The Morgan fingerprint density at radius 2 is 1.97 bits per heavy atom. The maximum Gasteiger partial charge on any atom is 0.337 e. The summed E-state index contributed by atoms with van der Waals surface area (Å²) >= 11 is 1.42. The van der Waals surface area contributed by atoms with Crippen molar-refractivity contribution in [2.75, 3.05) is 7.11 Å². The summed E-state index contributed by atoms with van der Waals surface area (Å²) in [6, 6.07) is 18.2. The van der Waals surface area contributed by atoms with Crippen LogP contribution in [0.5, 0.6) is 0 Å². The van der Waals surface area contributed by atoms with Crippen molar-refractivity contribution in [2.45, 2.75) is 17.5 Å². The number of rotatable bonds is 7. The van der Waals surface area contributed by atoms with Gasteiger partial charge in [0.25, 0.3) is 5.56 Å². The third-order valence-corrected chi connectivity index (χ3v) is 6.31. The fourth-order valence-electron chi connectivity index (χ4n) is 3.56. The van der Waals surface area contributed by atoms with E-state index in [2.05, 4.69) is 5.10 Å². The summed E-state index contributed by atoms with van der Waals surface area (Å²) in [6.07, 6.45) is 5.32. The molecule has 0 saturated carbocycles. The van der Waals surface area contributed by atoms with Gasteiger partial charge in [-0.2, -0.15) is 5.10 Å². The molecule has 0 fully saturated rings. The average Bonchev–Trinajstić information content (AvgIpc) is 3.57. The van der Waals surface area contributed by atoms with Crippen LogP contribution in [0.4, 0.5) is 0 Å². The summed E-state index contributed by atoms with van der Waals surface area (Å²) in [5.41, 5.74) is 2.51. The van der Waals surface area contributed by atoms with Gasteiger partial charge < -0.3 is 9.15 Å². The molecule has 34 heavy (non-hydrogen) atoms. The lowest BCUT2D eigenvalue weighted by atomic mass is 10.1. The number of fused-ring (bicyclic) bond motifs is 1. The minimum atomic E-state index is -0.481. The molecule has 5 aromatic rings. The smallest absolute Gasteiger partial charge is 0.337 e. The molecular weight excluding hydrogens is 452 g/mol. The topological polar surface area (TPSA) is 92.2 Å². The number of aromatic nitrogens is 4. The van der Waals surface area contributed by atoms with Gasteiger partial charge in [0, 0.05) is 17.5 Å². The molecule has 0 atom stereocenters. The molecule has 0 spiro atoms. The number of nitrogens with zero attached hydrogens (tertiary/aromatic N) is 4. The summed E-state index contributed by atoms with van der Waals surface area (Å²) in [4.78, 5) is 30.1. The Hall–Kier alpha value is -4.11. The maximum atomic E-state index is 13.4. The van der Waals surface area contributed by atoms with E-state index in [1.807, 2.05) is 47.3 Å². The second-order valence-corrected chi connectivity index (χ2v) is 8.45. The van der Waals surface area contributed by atoms with Crippen molar-refractivity contribution in [2.24, 2.45) is 0 Å². The maximum absolute atomic E-state index is 13.4. The number of para-hydroxylation sites is 1. The first-order valence-corrected chi connectivity index (χ1v) is 11.5.